The first-order valence-electron chi connectivity index (χ1n) is 8.12. The van der Waals surface area contributed by atoms with Crippen LogP contribution >= 0.6 is 11.6 Å². The van der Waals surface area contributed by atoms with Crippen LogP contribution in [0.4, 0.5) is 10.1 Å². The molecule has 2 atom stereocenters. The normalized spacial score (nSPS) is 25.5. The molecule has 0 unspecified atom stereocenters. The minimum Gasteiger partial charge on any atom is -0.324 e. The Labute approximate surface area is 135 Å². The summed E-state index contributed by atoms with van der Waals surface area (Å²) in [5, 5.41) is 3.04. The molecule has 3 nitrogen and oxygen atoms in total. The molecule has 5 heteroatoms. The number of carbonyl (C=O) groups is 1. The van der Waals surface area contributed by atoms with Crippen molar-refractivity contribution < 1.29 is 9.18 Å². The van der Waals surface area contributed by atoms with Gasteiger partial charge in [0.1, 0.15) is 5.82 Å². The predicted octanol–water partition coefficient (Wildman–Crippen LogP) is 4.07. The van der Waals surface area contributed by atoms with Crippen LogP contribution in [0.1, 0.15) is 38.5 Å². The molecule has 0 radical (unpaired) electrons. The van der Waals surface area contributed by atoms with Gasteiger partial charge in [-0.05, 0) is 56.3 Å². The lowest BCUT2D eigenvalue weighted by molar-refractivity contribution is -0.118. The predicted molar refractivity (Wildman–Crippen MR) is 86.6 cm³/mol. The number of carbonyl (C=O) groups excluding carboxylic acids is 1. The van der Waals surface area contributed by atoms with E-state index < -0.39 is 5.82 Å². The molecule has 1 heterocycles. The number of fused-ring (bicyclic) bond motifs is 1. The topological polar surface area (TPSA) is 32.3 Å². The Morgan fingerprint density at radius 3 is 2.86 bits per heavy atom. The standard InChI is InChI=1S/C17H22ClFN2O/c18-14-10-13(19)7-8-15(14)20-17(22)11-21-9-3-5-12-4-1-2-6-16(12)21/h7-8,10,12,16H,1-6,9,11H2,(H,20,22)/t12-,16-/m0/s1. The third-order valence-electron chi connectivity index (χ3n) is 4.91. The van der Waals surface area contributed by atoms with E-state index >= 15 is 0 Å². The summed E-state index contributed by atoms with van der Waals surface area (Å²) in [6.45, 7) is 1.39. The summed E-state index contributed by atoms with van der Waals surface area (Å²) in [4.78, 5) is 14.6. The molecule has 1 aliphatic heterocycles. The van der Waals surface area contributed by atoms with Crippen molar-refractivity contribution in [3.63, 3.8) is 0 Å². The van der Waals surface area contributed by atoms with E-state index in [1.807, 2.05) is 0 Å². The minimum atomic E-state index is -0.399. The van der Waals surface area contributed by atoms with Crippen molar-refractivity contribution in [2.75, 3.05) is 18.4 Å². The number of benzene rings is 1. The van der Waals surface area contributed by atoms with E-state index in [-0.39, 0.29) is 10.9 Å². The van der Waals surface area contributed by atoms with E-state index in [0.29, 0.717) is 18.3 Å². The maximum absolute atomic E-state index is 13.0. The number of amides is 1. The van der Waals surface area contributed by atoms with Gasteiger partial charge >= 0.3 is 0 Å². The molecule has 1 aromatic rings. The highest BCUT2D eigenvalue weighted by Gasteiger charge is 2.33. The Morgan fingerprint density at radius 1 is 1.27 bits per heavy atom. The molecule has 1 saturated carbocycles. The zero-order valence-electron chi connectivity index (χ0n) is 12.7. The fraction of sp³-hybridized carbons (Fsp3) is 0.588. The van der Waals surface area contributed by atoms with Gasteiger partial charge in [0.05, 0.1) is 17.3 Å². The molecule has 22 heavy (non-hydrogen) atoms. The first-order valence-corrected chi connectivity index (χ1v) is 8.50. The molecule has 1 saturated heterocycles. The van der Waals surface area contributed by atoms with Gasteiger partial charge in [-0.25, -0.2) is 4.39 Å². The average Bonchev–Trinajstić information content (AvgIpc) is 2.50. The van der Waals surface area contributed by atoms with Crippen LogP contribution in [0.5, 0.6) is 0 Å². The first-order chi connectivity index (χ1) is 10.6. The molecule has 1 aliphatic carbocycles. The SMILES string of the molecule is O=C(CN1CCC[C@@H]2CCCC[C@@H]21)Nc1ccc(F)cc1Cl. The van der Waals surface area contributed by atoms with Gasteiger partial charge in [0.15, 0.2) is 0 Å². The van der Waals surface area contributed by atoms with Crippen LogP contribution < -0.4 is 5.32 Å². The van der Waals surface area contributed by atoms with Gasteiger partial charge in [-0.15, -0.1) is 0 Å². The van der Waals surface area contributed by atoms with Crippen molar-refractivity contribution in [2.45, 2.75) is 44.6 Å². The van der Waals surface area contributed by atoms with Gasteiger partial charge < -0.3 is 5.32 Å². The summed E-state index contributed by atoms with van der Waals surface area (Å²) in [6, 6.07) is 4.58. The van der Waals surface area contributed by atoms with E-state index in [4.69, 9.17) is 11.6 Å². The van der Waals surface area contributed by atoms with Crippen LogP contribution in [-0.4, -0.2) is 29.9 Å². The first kappa shape index (κ1) is 15.8. The maximum atomic E-state index is 13.0. The van der Waals surface area contributed by atoms with E-state index in [2.05, 4.69) is 10.2 Å². The van der Waals surface area contributed by atoms with Crippen molar-refractivity contribution in [3.05, 3.63) is 29.0 Å². The highest BCUT2D eigenvalue weighted by molar-refractivity contribution is 6.33. The van der Waals surface area contributed by atoms with Crippen molar-refractivity contribution in [1.82, 2.24) is 4.90 Å². The van der Waals surface area contributed by atoms with Crippen molar-refractivity contribution >= 4 is 23.2 Å². The Bertz CT molecular complexity index is 549. The fourth-order valence-electron chi connectivity index (χ4n) is 3.89. The lowest BCUT2D eigenvalue weighted by atomic mass is 9.78. The van der Waals surface area contributed by atoms with Gasteiger partial charge in [-0.2, -0.15) is 0 Å². The van der Waals surface area contributed by atoms with Crippen LogP contribution in [0.15, 0.2) is 18.2 Å². The number of rotatable bonds is 3. The van der Waals surface area contributed by atoms with Gasteiger partial charge in [0, 0.05) is 6.04 Å². The molecule has 1 amide bonds. The zero-order chi connectivity index (χ0) is 15.5. The second-order valence-electron chi connectivity index (χ2n) is 6.40. The third-order valence-corrected chi connectivity index (χ3v) is 5.22. The number of nitrogens with one attached hydrogen (secondary N) is 1. The molecule has 0 bridgehead atoms. The van der Waals surface area contributed by atoms with E-state index in [9.17, 15) is 9.18 Å². The van der Waals surface area contributed by atoms with Gasteiger partial charge in [-0.3, -0.25) is 9.69 Å². The molecule has 120 valence electrons. The number of piperidine rings is 1. The van der Waals surface area contributed by atoms with Gasteiger partial charge in [0.25, 0.3) is 0 Å². The summed E-state index contributed by atoms with van der Waals surface area (Å²) in [5.41, 5.74) is 0.477. The largest absolute Gasteiger partial charge is 0.324 e. The van der Waals surface area contributed by atoms with Crippen molar-refractivity contribution in [1.29, 1.82) is 0 Å². The highest BCUT2D eigenvalue weighted by atomic mass is 35.5. The molecule has 3 rings (SSSR count). The van der Waals surface area contributed by atoms with E-state index in [0.717, 1.165) is 12.5 Å². The quantitative estimate of drug-likeness (QED) is 0.909. The Kier molecular flexibility index (Phi) is 4.99. The number of nitrogens with zero attached hydrogens (tertiary/aromatic N) is 1. The molecular formula is C17H22ClFN2O. The molecule has 0 spiro atoms. The lowest BCUT2D eigenvalue weighted by Crippen LogP contribution is -2.49. The number of halogens is 2. The molecule has 2 aliphatic rings. The summed E-state index contributed by atoms with van der Waals surface area (Å²) in [5.74, 6) is 0.286. The monoisotopic (exact) mass is 324 g/mol. The molecule has 0 aromatic heterocycles. The second-order valence-corrected chi connectivity index (χ2v) is 6.80. The van der Waals surface area contributed by atoms with Crippen LogP contribution in [-0.2, 0) is 4.79 Å². The fourth-order valence-corrected chi connectivity index (χ4v) is 4.10. The van der Waals surface area contributed by atoms with Gasteiger partial charge in [-0.1, -0.05) is 24.4 Å². The van der Waals surface area contributed by atoms with Crippen LogP contribution in [0, 0.1) is 11.7 Å². The minimum absolute atomic E-state index is 0.0697. The maximum Gasteiger partial charge on any atom is 0.238 e. The van der Waals surface area contributed by atoms with Crippen LogP contribution in [0.25, 0.3) is 0 Å². The average molecular weight is 325 g/mol. The van der Waals surface area contributed by atoms with Crippen molar-refractivity contribution in [2.24, 2.45) is 5.92 Å². The smallest absolute Gasteiger partial charge is 0.238 e. The Balaban J connectivity index is 1.61. The van der Waals surface area contributed by atoms with Gasteiger partial charge in [0.2, 0.25) is 5.91 Å². The Hall–Kier alpha value is -1.13. The second kappa shape index (κ2) is 6.97. The number of anilines is 1. The molecule has 2 fully saturated rings. The third kappa shape index (κ3) is 3.61. The Morgan fingerprint density at radius 2 is 2.05 bits per heavy atom. The molecule has 1 N–H and O–H groups in total. The summed E-state index contributed by atoms with van der Waals surface area (Å²) < 4.78 is 13.0. The zero-order valence-corrected chi connectivity index (χ0v) is 13.4. The van der Waals surface area contributed by atoms with E-state index in [1.54, 1.807) is 0 Å². The lowest BCUT2D eigenvalue weighted by Gasteiger charge is -2.43. The summed E-state index contributed by atoms with van der Waals surface area (Å²) in [6.07, 6.45) is 7.57. The highest BCUT2D eigenvalue weighted by Crippen LogP contribution is 2.35. The summed E-state index contributed by atoms with van der Waals surface area (Å²) in [7, 11) is 0. The number of hydrogen-bond acceptors (Lipinski definition) is 2. The van der Waals surface area contributed by atoms with Crippen molar-refractivity contribution in [3.8, 4) is 0 Å². The molecule has 1 aromatic carbocycles. The van der Waals surface area contributed by atoms with Crippen LogP contribution in [0.2, 0.25) is 5.02 Å². The number of likely N-dealkylation sites (tertiary alicyclic amines) is 1. The number of hydrogen-bond donors (Lipinski definition) is 1. The van der Waals surface area contributed by atoms with E-state index in [1.165, 1.54) is 56.7 Å². The molecular weight excluding hydrogens is 303 g/mol. The summed E-state index contributed by atoms with van der Waals surface area (Å²) >= 11 is 5.96. The van der Waals surface area contributed by atoms with Crippen LogP contribution in [0.3, 0.4) is 0 Å².